The summed E-state index contributed by atoms with van der Waals surface area (Å²) in [6.07, 6.45) is -0.168. The maximum Gasteiger partial charge on any atom is 0.316 e. The lowest BCUT2D eigenvalue weighted by atomic mass is 10.2. The van der Waals surface area contributed by atoms with E-state index in [9.17, 15) is 9.59 Å². The molecule has 0 atom stereocenters. The van der Waals surface area contributed by atoms with Crippen molar-refractivity contribution >= 4 is 40.2 Å². The van der Waals surface area contributed by atoms with E-state index in [1.165, 1.54) is 11.8 Å². The Hall–Kier alpha value is -1.53. The Bertz CT molecular complexity index is 787. The topological polar surface area (TPSA) is 61.2 Å². The van der Waals surface area contributed by atoms with Crippen LogP contribution in [0.3, 0.4) is 0 Å². The first-order valence-corrected chi connectivity index (χ1v) is 8.70. The first-order valence-electron chi connectivity index (χ1n) is 7.33. The van der Waals surface area contributed by atoms with Gasteiger partial charge in [-0.3, -0.25) is 14.2 Å². The number of rotatable bonds is 5. The van der Waals surface area contributed by atoms with Crippen LogP contribution >= 0.6 is 23.4 Å². The SMILES string of the molecule is CC(C)OC(=O)CSc1nc2cc(Cl)ccc2c(=O)n1C(C)C. The van der Waals surface area contributed by atoms with Gasteiger partial charge in [0, 0.05) is 11.1 Å². The van der Waals surface area contributed by atoms with Gasteiger partial charge in [0.15, 0.2) is 5.16 Å². The van der Waals surface area contributed by atoms with Crippen LogP contribution in [0, 0.1) is 0 Å². The minimum absolute atomic E-state index is 0.0707. The van der Waals surface area contributed by atoms with Crippen molar-refractivity contribution in [2.75, 3.05) is 5.75 Å². The van der Waals surface area contributed by atoms with Gasteiger partial charge < -0.3 is 4.74 Å². The molecule has 2 rings (SSSR count). The van der Waals surface area contributed by atoms with Crippen molar-refractivity contribution in [2.24, 2.45) is 0 Å². The van der Waals surface area contributed by atoms with Crippen LogP contribution < -0.4 is 5.56 Å². The monoisotopic (exact) mass is 354 g/mol. The highest BCUT2D eigenvalue weighted by molar-refractivity contribution is 7.99. The molecule has 0 aliphatic heterocycles. The highest BCUT2D eigenvalue weighted by Gasteiger charge is 2.16. The summed E-state index contributed by atoms with van der Waals surface area (Å²) in [7, 11) is 0. The van der Waals surface area contributed by atoms with Crippen molar-refractivity contribution in [3.8, 4) is 0 Å². The molecule has 7 heteroatoms. The summed E-state index contributed by atoms with van der Waals surface area (Å²) in [5, 5.41) is 1.51. The Labute approximate surface area is 144 Å². The van der Waals surface area contributed by atoms with Crippen LogP contribution in [0.1, 0.15) is 33.7 Å². The Morgan fingerprint density at radius 3 is 2.65 bits per heavy atom. The molecule has 0 amide bonds. The van der Waals surface area contributed by atoms with E-state index in [0.29, 0.717) is 21.1 Å². The minimum atomic E-state index is -0.333. The van der Waals surface area contributed by atoms with Crippen molar-refractivity contribution in [3.63, 3.8) is 0 Å². The zero-order valence-electron chi connectivity index (χ0n) is 13.5. The Morgan fingerprint density at radius 2 is 2.04 bits per heavy atom. The van der Waals surface area contributed by atoms with Gasteiger partial charge in [0.1, 0.15) is 0 Å². The Kier molecular flexibility index (Phi) is 5.70. The molecule has 0 saturated heterocycles. The van der Waals surface area contributed by atoms with Gasteiger partial charge in [-0.2, -0.15) is 0 Å². The molecule has 0 radical (unpaired) electrons. The van der Waals surface area contributed by atoms with Crippen molar-refractivity contribution in [3.05, 3.63) is 33.6 Å². The molecule has 5 nitrogen and oxygen atoms in total. The first kappa shape index (κ1) is 17.8. The Morgan fingerprint density at radius 1 is 1.35 bits per heavy atom. The molecule has 1 aromatic carbocycles. The fraction of sp³-hybridized carbons (Fsp3) is 0.438. The average molecular weight is 355 g/mol. The fourth-order valence-electron chi connectivity index (χ4n) is 2.13. The van der Waals surface area contributed by atoms with Crippen LogP contribution in [0.2, 0.25) is 5.02 Å². The number of fused-ring (bicyclic) bond motifs is 1. The van der Waals surface area contributed by atoms with Crippen LogP contribution in [-0.4, -0.2) is 27.4 Å². The molecular formula is C16H19ClN2O3S. The number of aromatic nitrogens is 2. The van der Waals surface area contributed by atoms with E-state index in [4.69, 9.17) is 16.3 Å². The number of hydrogen-bond acceptors (Lipinski definition) is 5. The maximum atomic E-state index is 12.7. The van der Waals surface area contributed by atoms with E-state index in [-0.39, 0.29) is 29.4 Å². The lowest BCUT2D eigenvalue weighted by Crippen LogP contribution is -2.25. The number of carbonyl (C=O) groups is 1. The van der Waals surface area contributed by atoms with E-state index >= 15 is 0 Å². The van der Waals surface area contributed by atoms with Crippen LogP contribution in [0.4, 0.5) is 0 Å². The molecule has 1 heterocycles. The number of thioether (sulfide) groups is 1. The van der Waals surface area contributed by atoms with Crippen LogP contribution in [0.15, 0.2) is 28.2 Å². The summed E-state index contributed by atoms with van der Waals surface area (Å²) >= 11 is 7.18. The molecule has 0 aliphatic carbocycles. The second-order valence-electron chi connectivity index (χ2n) is 5.65. The largest absolute Gasteiger partial charge is 0.462 e. The van der Waals surface area contributed by atoms with Gasteiger partial charge in [-0.25, -0.2) is 4.98 Å². The molecule has 0 saturated carbocycles. The average Bonchev–Trinajstić information content (AvgIpc) is 2.43. The van der Waals surface area contributed by atoms with Crippen LogP contribution in [0.25, 0.3) is 10.9 Å². The second-order valence-corrected chi connectivity index (χ2v) is 7.03. The van der Waals surface area contributed by atoms with E-state index in [1.807, 2.05) is 13.8 Å². The van der Waals surface area contributed by atoms with Gasteiger partial charge >= 0.3 is 5.97 Å². The van der Waals surface area contributed by atoms with Crippen LogP contribution in [-0.2, 0) is 9.53 Å². The molecule has 0 N–H and O–H groups in total. The number of halogens is 1. The van der Waals surface area contributed by atoms with Gasteiger partial charge in [-0.15, -0.1) is 0 Å². The van der Waals surface area contributed by atoms with Crippen molar-refractivity contribution in [2.45, 2.75) is 45.0 Å². The summed E-state index contributed by atoms with van der Waals surface area (Å²) in [6.45, 7) is 7.40. The van der Waals surface area contributed by atoms with Gasteiger partial charge in [-0.05, 0) is 45.9 Å². The molecule has 0 unspecified atom stereocenters. The van der Waals surface area contributed by atoms with E-state index in [1.54, 1.807) is 36.6 Å². The highest BCUT2D eigenvalue weighted by atomic mass is 35.5. The number of ether oxygens (including phenoxy) is 1. The van der Waals surface area contributed by atoms with Gasteiger partial charge in [-0.1, -0.05) is 23.4 Å². The maximum absolute atomic E-state index is 12.7. The summed E-state index contributed by atoms with van der Waals surface area (Å²) in [4.78, 5) is 28.9. The van der Waals surface area contributed by atoms with Gasteiger partial charge in [0.05, 0.1) is 22.8 Å². The summed E-state index contributed by atoms with van der Waals surface area (Å²) in [6, 6.07) is 4.93. The molecule has 0 aliphatic rings. The Balaban J connectivity index is 2.42. The number of esters is 1. The van der Waals surface area contributed by atoms with Crippen molar-refractivity contribution in [1.29, 1.82) is 0 Å². The predicted molar refractivity (Wildman–Crippen MR) is 93.4 cm³/mol. The lowest BCUT2D eigenvalue weighted by molar-refractivity contribution is -0.144. The van der Waals surface area contributed by atoms with Crippen molar-refractivity contribution < 1.29 is 9.53 Å². The third-order valence-corrected chi connectivity index (χ3v) is 4.20. The molecule has 0 spiro atoms. The quantitative estimate of drug-likeness (QED) is 0.465. The number of nitrogens with zero attached hydrogens (tertiary/aromatic N) is 2. The van der Waals surface area contributed by atoms with Gasteiger partial charge in [0.25, 0.3) is 5.56 Å². The number of carbonyl (C=O) groups excluding carboxylic acids is 1. The molecule has 2 aromatic rings. The predicted octanol–water partition coefficient (Wildman–Crippen LogP) is 3.67. The normalized spacial score (nSPS) is 11.4. The third-order valence-electron chi connectivity index (χ3n) is 3.03. The fourth-order valence-corrected chi connectivity index (χ4v) is 3.21. The van der Waals surface area contributed by atoms with E-state index in [2.05, 4.69) is 4.98 Å². The summed E-state index contributed by atoms with van der Waals surface area (Å²) in [5.41, 5.74) is 0.389. The van der Waals surface area contributed by atoms with E-state index < -0.39 is 0 Å². The minimum Gasteiger partial charge on any atom is -0.462 e. The zero-order chi connectivity index (χ0) is 17.1. The first-order chi connectivity index (χ1) is 10.8. The molecule has 23 heavy (non-hydrogen) atoms. The molecule has 1 aromatic heterocycles. The smallest absolute Gasteiger partial charge is 0.316 e. The van der Waals surface area contributed by atoms with E-state index in [0.717, 1.165) is 0 Å². The lowest BCUT2D eigenvalue weighted by Gasteiger charge is -2.16. The summed E-state index contributed by atoms with van der Waals surface area (Å²) in [5.74, 6) is -0.232. The second kappa shape index (κ2) is 7.36. The molecule has 0 bridgehead atoms. The number of benzene rings is 1. The van der Waals surface area contributed by atoms with Crippen LogP contribution in [0.5, 0.6) is 0 Å². The highest BCUT2D eigenvalue weighted by Crippen LogP contribution is 2.22. The van der Waals surface area contributed by atoms with Gasteiger partial charge in [0.2, 0.25) is 0 Å². The number of hydrogen-bond donors (Lipinski definition) is 0. The standard InChI is InChI=1S/C16H19ClN2O3S/c1-9(2)19-15(21)12-6-5-11(17)7-13(12)18-16(19)23-8-14(20)22-10(3)4/h5-7,9-10H,8H2,1-4H3. The summed E-state index contributed by atoms with van der Waals surface area (Å²) < 4.78 is 6.70. The molecule has 0 fully saturated rings. The zero-order valence-corrected chi connectivity index (χ0v) is 15.1. The van der Waals surface area contributed by atoms with Crippen molar-refractivity contribution in [1.82, 2.24) is 9.55 Å². The third kappa shape index (κ3) is 4.26. The molecular weight excluding hydrogens is 336 g/mol. The molecule has 124 valence electrons.